The average Bonchev–Trinajstić information content (AvgIpc) is 3.18. The summed E-state index contributed by atoms with van der Waals surface area (Å²) in [6, 6.07) is 11.2. The van der Waals surface area contributed by atoms with Crippen molar-refractivity contribution in [2.45, 2.75) is 38.6 Å². The normalized spacial score (nSPS) is 17.0. The highest BCUT2D eigenvalue weighted by Gasteiger charge is 2.32. The fraction of sp³-hybridized carbons (Fsp3) is 0.375. The molecule has 162 valence electrons. The number of nitrogens with zero attached hydrogens (tertiary/aromatic N) is 2. The summed E-state index contributed by atoms with van der Waals surface area (Å²) in [5, 5.41) is 2.90. The third-order valence-corrected chi connectivity index (χ3v) is 5.57. The molecule has 31 heavy (non-hydrogen) atoms. The van der Waals surface area contributed by atoms with E-state index in [0.29, 0.717) is 42.2 Å². The molecule has 2 aromatic rings. The number of hydrogen-bond donors (Lipinski definition) is 1. The molecule has 2 heterocycles. The molecule has 2 aliphatic heterocycles. The molecule has 1 saturated heterocycles. The minimum atomic E-state index is -0.0566. The monoisotopic (exact) mass is 421 g/mol. The van der Waals surface area contributed by atoms with Gasteiger partial charge in [0.15, 0.2) is 11.5 Å². The Morgan fingerprint density at radius 1 is 1.26 bits per heavy atom. The van der Waals surface area contributed by atoms with Crippen LogP contribution in [-0.4, -0.2) is 49.2 Å². The van der Waals surface area contributed by atoms with Gasteiger partial charge in [0.25, 0.3) is 5.91 Å². The summed E-state index contributed by atoms with van der Waals surface area (Å²) in [4.78, 5) is 31.5. The Bertz CT molecular complexity index is 1020. The van der Waals surface area contributed by atoms with Gasteiger partial charge in [0.1, 0.15) is 0 Å². The summed E-state index contributed by atoms with van der Waals surface area (Å²) in [6.45, 7) is 3.09. The van der Waals surface area contributed by atoms with E-state index in [9.17, 15) is 9.59 Å². The number of rotatable bonds is 7. The molecule has 4 rings (SSSR count). The highest BCUT2D eigenvalue weighted by Crippen LogP contribution is 2.38. The fourth-order valence-electron chi connectivity index (χ4n) is 3.98. The van der Waals surface area contributed by atoms with Crippen LogP contribution in [0.1, 0.15) is 41.6 Å². The molecule has 2 aromatic carbocycles. The number of anilines is 1. The van der Waals surface area contributed by atoms with Crippen molar-refractivity contribution in [3.05, 3.63) is 47.5 Å². The number of methoxy groups -OCH3 is 1. The highest BCUT2D eigenvalue weighted by molar-refractivity contribution is 6.03. The zero-order valence-corrected chi connectivity index (χ0v) is 17.9. The Hall–Kier alpha value is -3.35. The van der Waals surface area contributed by atoms with Crippen LogP contribution in [0.4, 0.5) is 11.4 Å². The molecule has 0 bridgehead atoms. The summed E-state index contributed by atoms with van der Waals surface area (Å²) in [7, 11) is 1.55. The lowest BCUT2D eigenvalue weighted by atomic mass is 10.1. The van der Waals surface area contributed by atoms with Crippen LogP contribution in [0.25, 0.3) is 0 Å². The number of aliphatic imine (C=N–C) groups is 1. The lowest BCUT2D eigenvalue weighted by Crippen LogP contribution is -2.35. The maximum Gasteiger partial charge on any atom is 0.256 e. The van der Waals surface area contributed by atoms with E-state index < -0.39 is 0 Å². The van der Waals surface area contributed by atoms with Gasteiger partial charge in [-0.25, -0.2) is 0 Å². The number of fused-ring (bicyclic) bond motifs is 2. The SMILES string of the molecule is COc1cc2c(cc1OCCCC(=O)Nc1cccc(C)c1)N=C[C@@H]1CCCN1C2=O. The standard InChI is InChI=1S/C24H27N3O4/c1-16-6-3-7-17(12-16)26-23(28)9-5-11-31-22-14-20-19(13-21(22)30-2)24(29)27-10-4-8-18(27)15-25-20/h3,6-7,12-15,18H,4-5,8-11H2,1-2H3,(H,26,28)/t18-/m0/s1. The predicted molar refractivity (Wildman–Crippen MR) is 120 cm³/mol. The highest BCUT2D eigenvalue weighted by atomic mass is 16.5. The number of carbonyl (C=O) groups is 2. The number of ether oxygens (including phenoxy) is 2. The molecule has 0 unspecified atom stereocenters. The smallest absolute Gasteiger partial charge is 0.256 e. The number of hydrogen-bond acceptors (Lipinski definition) is 5. The van der Waals surface area contributed by atoms with E-state index >= 15 is 0 Å². The number of carbonyl (C=O) groups excluding carboxylic acids is 2. The van der Waals surface area contributed by atoms with Gasteiger partial charge in [-0.2, -0.15) is 0 Å². The molecule has 0 aliphatic carbocycles. The molecule has 2 aliphatic rings. The number of benzene rings is 2. The first-order valence-corrected chi connectivity index (χ1v) is 10.6. The molecule has 7 nitrogen and oxygen atoms in total. The van der Waals surface area contributed by atoms with Crippen LogP contribution in [0.5, 0.6) is 11.5 Å². The second-order valence-corrected chi connectivity index (χ2v) is 7.88. The Balaban J connectivity index is 1.37. The van der Waals surface area contributed by atoms with Crippen molar-refractivity contribution in [3.63, 3.8) is 0 Å². The van der Waals surface area contributed by atoms with E-state index in [2.05, 4.69) is 10.3 Å². The van der Waals surface area contributed by atoms with Gasteiger partial charge in [0.2, 0.25) is 5.91 Å². The maximum atomic E-state index is 12.9. The van der Waals surface area contributed by atoms with Crippen LogP contribution in [0.15, 0.2) is 41.4 Å². The zero-order valence-electron chi connectivity index (χ0n) is 17.9. The third-order valence-electron chi connectivity index (χ3n) is 5.57. The third kappa shape index (κ3) is 4.71. The van der Waals surface area contributed by atoms with Gasteiger partial charge in [-0.3, -0.25) is 14.6 Å². The molecule has 0 aromatic heterocycles. The quantitative estimate of drug-likeness (QED) is 0.682. The molecule has 1 atom stereocenters. The van der Waals surface area contributed by atoms with E-state index in [0.717, 1.165) is 30.6 Å². The van der Waals surface area contributed by atoms with Crippen LogP contribution in [0.3, 0.4) is 0 Å². The summed E-state index contributed by atoms with van der Waals surface area (Å²) >= 11 is 0. The molecular weight excluding hydrogens is 394 g/mol. The van der Waals surface area contributed by atoms with Crippen molar-refractivity contribution < 1.29 is 19.1 Å². The molecule has 0 spiro atoms. The lowest BCUT2D eigenvalue weighted by Gasteiger charge is -2.20. The number of aryl methyl sites for hydroxylation is 1. The Labute approximate surface area is 182 Å². The fourth-order valence-corrected chi connectivity index (χ4v) is 3.98. The second kappa shape index (κ2) is 9.20. The van der Waals surface area contributed by atoms with Gasteiger partial charge in [0, 0.05) is 30.9 Å². The van der Waals surface area contributed by atoms with Crippen molar-refractivity contribution in [2.24, 2.45) is 4.99 Å². The van der Waals surface area contributed by atoms with Gasteiger partial charge in [0.05, 0.1) is 31.0 Å². The topological polar surface area (TPSA) is 80.2 Å². The molecular formula is C24H27N3O4. The minimum Gasteiger partial charge on any atom is -0.493 e. The van der Waals surface area contributed by atoms with Gasteiger partial charge in [-0.15, -0.1) is 0 Å². The maximum absolute atomic E-state index is 12.9. The molecule has 0 saturated carbocycles. The summed E-state index contributed by atoms with van der Waals surface area (Å²) < 4.78 is 11.3. The first-order chi connectivity index (χ1) is 15.0. The summed E-state index contributed by atoms with van der Waals surface area (Å²) in [5.41, 5.74) is 3.01. The summed E-state index contributed by atoms with van der Waals surface area (Å²) in [5.74, 6) is 0.933. The number of nitrogens with one attached hydrogen (secondary N) is 1. The van der Waals surface area contributed by atoms with Crippen LogP contribution >= 0.6 is 0 Å². The Kier molecular flexibility index (Phi) is 6.21. The summed E-state index contributed by atoms with van der Waals surface area (Å²) in [6.07, 6.45) is 4.68. The van der Waals surface area contributed by atoms with Gasteiger partial charge >= 0.3 is 0 Å². The molecule has 0 radical (unpaired) electrons. The van der Waals surface area contributed by atoms with Crippen LogP contribution in [-0.2, 0) is 4.79 Å². The van der Waals surface area contributed by atoms with E-state index in [1.807, 2.05) is 42.3 Å². The van der Waals surface area contributed by atoms with Gasteiger partial charge in [-0.05, 0) is 49.9 Å². The van der Waals surface area contributed by atoms with Crippen molar-refractivity contribution >= 4 is 29.4 Å². The molecule has 7 heteroatoms. The minimum absolute atomic E-state index is 0.0207. The Morgan fingerprint density at radius 2 is 2.13 bits per heavy atom. The zero-order chi connectivity index (χ0) is 21.8. The van der Waals surface area contributed by atoms with E-state index in [-0.39, 0.29) is 17.9 Å². The second-order valence-electron chi connectivity index (χ2n) is 7.88. The molecule has 2 amide bonds. The van der Waals surface area contributed by atoms with Gasteiger partial charge in [-0.1, -0.05) is 12.1 Å². The Morgan fingerprint density at radius 3 is 2.94 bits per heavy atom. The van der Waals surface area contributed by atoms with E-state index in [4.69, 9.17) is 9.47 Å². The van der Waals surface area contributed by atoms with Crippen molar-refractivity contribution in [1.82, 2.24) is 4.90 Å². The van der Waals surface area contributed by atoms with Crippen LogP contribution in [0, 0.1) is 6.92 Å². The number of amides is 2. The van der Waals surface area contributed by atoms with Crippen molar-refractivity contribution in [3.8, 4) is 11.5 Å². The van der Waals surface area contributed by atoms with Gasteiger partial charge < -0.3 is 19.7 Å². The molecule has 1 N–H and O–H groups in total. The lowest BCUT2D eigenvalue weighted by molar-refractivity contribution is -0.116. The van der Waals surface area contributed by atoms with E-state index in [1.54, 1.807) is 19.2 Å². The van der Waals surface area contributed by atoms with Crippen molar-refractivity contribution in [2.75, 3.05) is 25.6 Å². The first-order valence-electron chi connectivity index (χ1n) is 10.6. The van der Waals surface area contributed by atoms with Crippen molar-refractivity contribution in [1.29, 1.82) is 0 Å². The largest absolute Gasteiger partial charge is 0.493 e. The van der Waals surface area contributed by atoms with E-state index in [1.165, 1.54) is 0 Å². The van der Waals surface area contributed by atoms with Crippen LogP contribution < -0.4 is 14.8 Å². The first kappa shape index (κ1) is 20.9. The van der Waals surface area contributed by atoms with Crippen LogP contribution in [0.2, 0.25) is 0 Å². The molecule has 1 fully saturated rings. The predicted octanol–water partition coefficient (Wildman–Crippen LogP) is 4.12. The average molecular weight is 421 g/mol.